The molecule has 1 aromatic heterocycles. The molecule has 0 aliphatic carbocycles. The van der Waals surface area contributed by atoms with Gasteiger partial charge in [-0.15, -0.1) is 0 Å². The molecule has 1 heterocycles. The van der Waals surface area contributed by atoms with Crippen LogP contribution in [0.2, 0.25) is 0 Å². The number of fused-ring (bicyclic) bond motifs is 1. The maximum atomic E-state index is 9.55. The Balaban J connectivity index is 1.99. The van der Waals surface area contributed by atoms with Crippen LogP contribution in [0.25, 0.3) is 11.0 Å². The van der Waals surface area contributed by atoms with Gasteiger partial charge in [0.15, 0.2) is 0 Å². The molecular weight excluding hydrogens is 250 g/mol. The second kappa shape index (κ2) is 6.77. The molecule has 2 N–H and O–H groups in total. The lowest BCUT2D eigenvalue weighted by Crippen LogP contribution is -2.36. The summed E-state index contributed by atoms with van der Waals surface area (Å²) in [5.41, 5.74) is 2.75. The summed E-state index contributed by atoms with van der Waals surface area (Å²) in [6, 6.07) is 7.87. The van der Waals surface area contributed by atoms with Crippen LogP contribution in [-0.2, 0) is 6.54 Å². The topological polar surface area (TPSA) is 58.0 Å². The molecule has 0 aliphatic rings. The molecule has 108 valence electrons. The second-order valence-electron chi connectivity index (χ2n) is 5.32. The molecule has 0 atom stereocenters. The highest BCUT2D eigenvalue weighted by molar-refractivity contribution is 5.73. The van der Waals surface area contributed by atoms with Crippen LogP contribution in [-0.4, -0.2) is 28.2 Å². The average molecular weight is 273 g/mol. The fourth-order valence-electron chi connectivity index (χ4n) is 2.32. The van der Waals surface area contributed by atoms with Crippen molar-refractivity contribution in [3.05, 3.63) is 36.2 Å². The zero-order chi connectivity index (χ0) is 14.4. The van der Waals surface area contributed by atoms with Crippen LogP contribution in [0.4, 0.5) is 0 Å². The first-order valence-corrected chi connectivity index (χ1v) is 7.25. The Morgan fingerprint density at radius 1 is 1.15 bits per heavy atom. The fourth-order valence-corrected chi connectivity index (χ4v) is 2.32. The Labute approximate surface area is 120 Å². The molecule has 0 spiro atoms. The van der Waals surface area contributed by atoms with Crippen molar-refractivity contribution < 1.29 is 5.11 Å². The third-order valence-electron chi connectivity index (χ3n) is 4.14. The first-order valence-electron chi connectivity index (χ1n) is 7.25. The summed E-state index contributed by atoms with van der Waals surface area (Å²) in [6.45, 7) is 5.94. The molecule has 0 saturated carbocycles. The van der Waals surface area contributed by atoms with Crippen molar-refractivity contribution >= 4 is 11.0 Å². The number of aromatic nitrogens is 2. The minimum absolute atomic E-state index is 0.0235. The predicted octanol–water partition coefficient (Wildman–Crippen LogP) is 2.52. The zero-order valence-electron chi connectivity index (χ0n) is 12.3. The fraction of sp³-hybridized carbons (Fsp3) is 0.500. The van der Waals surface area contributed by atoms with E-state index in [-0.39, 0.29) is 12.0 Å². The molecule has 0 aliphatic heterocycles. The van der Waals surface area contributed by atoms with E-state index in [0.29, 0.717) is 6.54 Å². The minimum atomic E-state index is -0.0235. The normalized spacial score (nSPS) is 11.9. The van der Waals surface area contributed by atoms with Gasteiger partial charge >= 0.3 is 0 Å². The van der Waals surface area contributed by atoms with Crippen LogP contribution < -0.4 is 5.32 Å². The Bertz CT molecular complexity index is 544. The first-order chi connectivity index (χ1) is 9.73. The SMILES string of the molecule is CCC(CC)(CO)CNCc1cnc2ccccc2n1. The lowest BCUT2D eigenvalue weighted by atomic mass is 9.83. The van der Waals surface area contributed by atoms with Crippen LogP contribution in [0, 0.1) is 5.41 Å². The van der Waals surface area contributed by atoms with Crippen molar-refractivity contribution in [1.29, 1.82) is 0 Å². The molecule has 0 bridgehead atoms. The van der Waals surface area contributed by atoms with Gasteiger partial charge in [-0.25, -0.2) is 4.98 Å². The third kappa shape index (κ3) is 3.32. The van der Waals surface area contributed by atoms with Gasteiger partial charge in [0.1, 0.15) is 0 Å². The van der Waals surface area contributed by atoms with Gasteiger partial charge in [-0.3, -0.25) is 4.98 Å². The first kappa shape index (κ1) is 14.9. The largest absolute Gasteiger partial charge is 0.396 e. The Hall–Kier alpha value is -1.52. The van der Waals surface area contributed by atoms with E-state index in [1.54, 1.807) is 0 Å². The van der Waals surface area contributed by atoms with E-state index in [4.69, 9.17) is 0 Å². The van der Waals surface area contributed by atoms with Crippen molar-refractivity contribution in [2.24, 2.45) is 5.41 Å². The van der Waals surface area contributed by atoms with Crippen molar-refractivity contribution in [3.8, 4) is 0 Å². The quantitative estimate of drug-likeness (QED) is 0.814. The molecule has 0 saturated heterocycles. The number of benzene rings is 1. The lowest BCUT2D eigenvalue weighted by molar-refractivity contribution is 0.113. The van der Waals surface area contributed by atoms with E-state index in [1.807, 2.05) is 30.5 Å². The molecule has 1 aromatic carbocycles. The van der Waals surface area contributed by atoms with Gasteiger partial charge in [0.25, 0.3) is 0 Å². The Kier molecular flexibility index (Phi) is 5.04. The number of rotatable bonds is 7. The molecule has 20 heavy (non-hydrogen) atoms. The smallest absolute Gasteiger partial charge is 0.0890 e. The van der Waals surface area contributed by atoms with E-state index >= 15 is 0 Å². The van der Waals surface area contributed by atoms with Crippen molar-refractivity contribution in [2.75, 3.05) is 13.2 Å². The van der Waals surface area contributed by atoms with Gasteiger partial charge in [0, 0.05) is 25.1 Å². The zero-order valence-corrected chi connectivity index (χ0v) is 12.3. The molecule has 4 heteroatoms. The number of hydrogen-bond donors (Lipinski definition) is 2. The highest BCUT2D eigenvalue weighted by Gasteiger charge is 2.24. The lowest BCUT2D eigenvalue weighted by Gasteiger charge is -2.29. The summed E-state index contributed by atoms with van der Waals surface area (Å²) in [5.74, 6) is 0. The molecule has 4 nitrogen and oxygen atoms in total. The number of nitrogens with one attached hydrogen (secondary N) is 1. The maximum Gasteiger partial charge on any atom is 0.0890 e. The van der Waals surface area contributed by atoms with Crippen LogP contribution in [0.3, 0.4) is 0 Å². The van der Waals surface area contributed by atoms with Crippen LogP contribution in [0.5, 0.6) is 0 Å². The number of hydrogen-bond acceptors (Lipinski definition) is 4. The van der Waals surface area contributed by atoms with Crippen molar-refractivity contribution in [3.63, 3.8) is 0 Å². The third-order valence-corrected chi connectivity index (χ3v) is 4.14. The molecular formula is C16H23N3O. The number of para-hydroxylation sites is 2. The molecule has 0 amide bonds. The standard InChI is InChI=1S/C16H23N3O/c1-3-16(4-2,12-20)11-17-9-13-10-18-14-7-5-6-8-15(14)19-13/h5-8,10,17,20H,3-4,9,11-12H2,1-2H3. The van der Waals surface area contributed by atoms with Gasteiger partial charge in [0.05, 0.1) is 22.9 Å². The summed E-state index contributed by atoms with van der Waals surface area (Å²) in [4.78, 5) is 8.99. The summed E-state index contributed by atoms with van der Waals surface area (Å²) >= 11 is 0. The second-order valence-corrected chi connectivity index (χ2v) is 5.32. The van der Waals surface area contributed by atoms with Gasteiger partial charge in [0.2, 0.25) is 0 Å². The Morgan fingerprint density at radius 3 is 2.50 bits per heavy atom. The molecule has 2 rings (SSSR count). The molecule has 0 unspecified atom stereocenters. The molecule has 2 aromatic rings. The van der Waals surface area contributed by atoms with Crippen molar-refractivity contribution in [1.82, 2.24) is 15.3 Å². The maximum absolute atomic E-state index is 9.55. The van der Waals surface area contributed by atoms with Crippen LogP contribution >= 0.6 is 0 Å². The minimum Gasteiger partial charge on any atom is -0.396 e. The van der Waals surface area contributed by atoms with E-state index in [0.717, 1.165) is 36.1 Å². The highest BCUT2D eigenvalue weighted by atomic mass is 16.3. The monoisotopic (exact) mass is 273 g/mol. The van der Waals surface area contributed by atoms with E-state index in [2.05, 4.69) is 29.1 Å². The highest BCUT2D eigenvalue weighted by Crippen LogP contribution is 2.24. The Morgan fingerprint density at radius 2 is 1.85 bits per heavy atom. The number of nitrogens with zero attached hydrogens (tertiary/aromatic N) is 2. The van der Waals surface area contributed by atoms with Gasteiger partial charge in [-0.2, -0.15) is 0 Å². The van der Waals surface area contributed by atoms with Gasteiger partial charge in [-0.1, -0.05) is 26.0 Å². The van der Waals surface area contributed by atoms with Gasteiger partial charge in [-0.05, 0) is 25.0 Å². The van der Waals surface area contributed by atoms with E-state index < -0.39 is 0 Å². The molecule has 0 fully saturated rings. The van der Waals surface area contributed by atoms with E-state index in [9.17, 15) is 5.11 Å². The summed E-state index contributed by atoms with van der Waals surface area (Å²) in [7, 11) is 0. The van der Waals surface area contributed by atoms with Crippen LogP contribution in [0.15, 0.2) is 30.5 Å². The summed E-state index contributed by atoms with van der Waals surface area (Å²) < 4.78 is 0. The van der Waals surface area contributed by atoms with E-state index in [1.165, 1.54) is 0 Å². The predicted molar refractivity (Wildman–Crippen MR) is 81.3 cm³/mol. The van der Waals surface area contributed by atoms with Crippen molar-refractivity contribution in [2.45, 2.75) is 33.2 Å². The summed E-state index contributed by atoms with van der Waals surface area (Å²) in [5, 5.41) is 12.9. The summed E-state index contributed by atoms with van der Waals surface area (Å²) in [6.07, 6.45) is 3.75. The van der Waals surface area contributed by atoms with Gasteiger partial charge < -0.3 is 10.4 Å². The average Bonchev–Trinajstić information content (AvgIpc) is 2.52. The number of aliphatic hydroxyl groups is 1. The molecule has 0 radical (unpaired) electrons. The van der Waals surface area contributed by atoms with Crippen LogP contribution in [0.1, 0.15) is 32.4 Å². The number of aliphatic hydroxyl groups excluding tert-OH is 1.